The Kier molecular flexibility index (Phi) is 5.26. The highest BCUT2D eigenvalue weighted by molar-refractivity contribution is 5.74. The van der Waals surface area contributed by atoms with E-state index in [-0.39, 0.29) is 12.1 Å². The van der Waals surface area contributed by atoms with Gasteiger partial charge in [-0.3, -0.25) is 0 Å². The average molecular weight is 255 g/mol. The van der Waals surface area contributed by atoms with Gasteiger partial charge in [0.05, 0.1) is 0 Å². The smallest absolute Gasteiger partial charge is 0.315 e. The van der Waals surface area contributed by atoms with E-state index in [1.165, 1.54) is 12.8 Å². The number of hydrogen-bond acceptors (Lipinski definition) is 3. The van der Waals surface area contributed by atoms with E-state index in [9.17, 15) is 4.79 Å². The summed E-state index contributed by atoms with van der Waals surface area (Å²) in [5, 5.41) is 5.90. The first kappa shape index (κ1) is 13.6. The van der Waals surface area contributed by atoms with Gasteiger partial charge in [0, 0.05) is 31.8 Å². The van der Waals surface area contributed by atoms with Crippen molar-refractivity contribution < 1.29 is 9.53 Å². The highest BCUT2D eigenvalue weighted by Gasteiger charge is 2.22. The molecule has 0 aromatic rings. The van der Waals surface area contributed by atoms with Gasteiger partial charge in [0.15, 0.2) is 0 Å². The predicted molar refractivity (Wildman–Crippen MR) is 70.3 cm³/mol. The molecule has 5 nitrogen and oxygen atoms in total. The van der Waals surface area contributed by atoms with Gasteiger partial charge in [0.1, 0.15) is 0 Å². The van der Waals surface area contributed by atoms with Crippen molar-refractivity contribution in [3.05, 3.63) is 0 Å². The number of rotatable bonds is 4. The highest BCUT2D eigenvalue weighted by Crippen LogP contribution is 2.18. The largest absolute Gasteiger partial charge is 0.381 e. The van der Waals surface area contributed by atoms with Gasteiger partial charge >= 0.3 is 6.03 Å². The van der Waals surface area contributed by atoms with Crippen LogP contribution < -0.4 is 16.4 Å². The minimum atomic E-state index is -0.0654. The van der Waals surface area contributed by atoms with Crippen LogP contribution in [0.4, 0.5) is 4.79 Å². The van der Waals surface area contributed by atoms with Crippen LogP contribution in [-0.4, -0.2) is 37.9 Å². The van der Waals surface area contributed by atoms with E-state index in [1.807, 2.05) is 0 Å². The molecule has 1 saturated heterocycles. The molecule has 0 aromatic carbocycles. The van der Waals surface area contributed by atoms with Crippen molar-refractivity contribution >= 4 is 6.03 Å². The number of amides is 2. The van der Waals surface area contributed by atoms with E-state index >= 15 is 0 Å². The summed E-state index contributed by atoms with van der Waals surface area (Å²) in [5.74, 6) is 0.477. The van der Waals surface area contributed by atoms with Gasteiger partial charge in [0.2, 0.25) is 0 Å². The fourth-order valence-corrected chi connectivity index (χ4v) is 2.83. The van der Waals surface area contributed by atoms with Crippen LogP contribution in [0.2, 0.25) is 0 Å². The molecule has 18 heavy (non-hydrogen) atoms. The van der Waals surface area contributed by atoms with E-state index < -0.39 is 0 Å². The SMILES string of the molecule is NC(CNC(=O)NC1CCCC1)C1CCOCC1. The maximum absolute atomic E-state index is 11.7. The predicted octanol–water partition coefficient (Wildman–Crippen LogP) is 0.982. The summed E-state index contributed by atoms with van der Waals surface area (Å²) in [7, 11) is 0. The Morgan fingerprint density at radius 3 is 2.56 bits per heavy atom. The molecule has 2 amide bonds. The third-order valence-corrected chi connectivity index (χ3v) is 4.06. The van der Waals surface area contributed by atoms with E-state index in [2.05, 4.69) is 10.6 Å². The quantitative estimate of drug-likeness (QED) is 0.701. The summed E-state index contributed by atoms with van der Waals surface area (Å²) in [4.78, 5) is 11.7. The summed E-state index contributed by atoms with van der Waals surface area (Å²) >= 11 is 0. The van der Waals surface area contributed by atoms with Crippen LogP contribution in [-0.2, 0) is 4.74 Å². The third-order valence-electron chi connectivity index (χ3n) is 4.06. The number of carbonyl (C=O) groups is 1. The van der Waals surface area contributed by atoms with E-state index in [0.717, 1.165) is 38.9 Å². The van der Waals surface area contributed by atoms with Gasteiger partial charge in [-0.05, 0) is 31.6 Å². The average Bonchev–Trinajstić information content (AvgIpc) is 2.90. The first-order chi connectivity index (χ1) is 8.75. The Labute approximate surface area is 109 Å². The zero-order valence-electron chi connectivity index (χ0n) is 11.0. The van der Waals surface area contributed by atoms with Crippen LogP contribution in [0.25, 0.3) is 0 Å². The number of ether oxygens (including phenoxy) is 1. The van der Waals surface area contributed by atoms with Gasteiger partial charge in [0.25, 0.3) is 0 Å². The lowest BCUT2D eigenvalue weighted by Crippen LogP contribution is -2.48. The van der Waals surface area contributed by atoms with Crippen LogP contribution >= 0.6 is 0 Å². The maximum atomic E-state index is 11.7. The summed E-state index contributed by atoms with van der Waals surface area (Å²) in [6.07, 6.45) is 6.69. The molecule has 2 aliphatic rings. The van der Waals surface area contributed by atoms with Crippen LogP contribution in [0.5, 0.6) is 0 Å². The summed E-state index contributed by atoms with van der Waals surface area (Å²) in [6, 6.07) is 0.344. The number of urea groups is 1. The number of nitrogens with one attached hydrogen (secondary N) is 2. The number of hydrogen-bond donors (Lipinski definition) is 3. The zero-order valence-corrected chi connectivity index (χ0v) is 11.0. The van der Waals surface area contributed by atoms with Gasteiger partial charge in [-0.15, -0.1) is 0 Å². The van der Waals surface area contributed by atoms with Crippen LogP contribution in [0, 0.1) is 5.92 Å². The molecule has 0 aromatic heterocycles. The number of carbonyl (C=O) groups excluding carboxylic acids is 1. The Morgan fingerprint density at radius 1 is 1.22 bits per heavy atom. The summed E-state index contributed by atoms with van der Waals surface area (Å²) < 4.78 is 5.31. The van der Waals surface area contributed by atoms with Crippen molar-refractivity contribution in [1.82, 2.24) is 10.6 Å². The van der Waals surface area contributed by atoms with Crippen molar-refractivity contribution in [2.24, 2.45) is 11.7 Å². The fraction of sp³-hybridized carbons (Fsp3) is 0.923. The van der Waals surface area contributed by atoms with E-state index in [1.54, 1.807) is 0 Å². The first-order valence-corrected chi connectivity index (χ1v) is 7.13. The van der Waals surface area contributed by atoms with Gasteiger partial charge < -0.3 is 21.1 Å². The molecule has 4 N–H and O–H groups in total. The molecule has 1 saturated carbocycles. The Bertz CT molecular complexity index is 261. The van der Waals surface area contributed by atoms with Crippen LogP contribution in [0.3, 0.4) is 0 Å². The normalized spacial score (nSPS) is 23.8. The van der Waals surface area contributed by atoms with Crippen molar-refractivity contribution in [1.29, 1.82) is 0 Å². The van der Waals surface area contributed by atoms with Crippen molar-refractivity contribution in [2.45, 2.75) is 50.6 Å². The Balaban J connectivity index is 1.61. The van der Waals surface area contributed by atoms with Gasteiger partial charge in [-0.2, -0.15) is 0 Å². The van der Waals surface area contributed by atoms with E-state index in [0.29, 0.717) is 18.5 Å². The lowest BCUT2D eigenvalue weighted by molar-refractivity contribution is 0.0587. The highest BCUT2D eigenvalue weighted by atomic mass is 16.5. The first-order valence-electron chi connectivity index (χ1n) is 7.13. The molecule has 2 fully saturated rings. The Hall–Kier alpha value is -0.810. The lowest BCUT2D eigenvalue weighted by Gasteiger charge is -2.27. The minimum Gasteiger partial charge on any atom is -0.381 e. The second-order valence-electron chi connectivity index (χ2n) is 5.45. The molecule has 0 spiro atoms. The molecule has 1 heterocycles. The molecule has 1 atom stereocenters. The fourth-order valence-electron chi connectivity index (χ4n) is 2.83. The molecule has 104 valence electrons. The monoisotopic (exact) mass is 255 g/mol. The molecule has 2 rings (SSSR count). The number of nitrogens with two attached hydrogens (primary N) is 1. The molecule has 5 heteroatoms. The van der Waals surface area contributed by atoms with Crippen LogP contribution in [0.1, 0.15) is 38.5 Å². The van der Waals surface area contributed by atoms with Crippen LogP contribution in [0.15, 0.2) is 0 Å². The van der Waals surface area contributed by atoms with Gasteiger partial charge in [-0.25, -0.2) is 4.79 Å². The molecule has 1 unspecified atom stereocenters. The second-order valence-corrected chi connectivity index (χ2v) is 5.45. The molecule has 0 bridgehead atoms. The minimum absolute atomic E-state index is 0.0447. The molecule has 1 aliphatic heterocycles. The van der Waals surface area contributed by atoms with E-state index in [4.69, 9.17) is 10.5 Å². The molecule has 1 aliphatic carbocycles. The Morgan fingerprint density at radius 2 is 1.89 bits per heavy atom. The zero-order chi connectivity index (χ0) is 12.8. The maximum Gasteiger partial charge on any atom is 0.315 e. The summed E-state index contributed by atoms with van der Waals surface area (Å²) in [5.41, 5.74) is 6.11. The standard InChI is InChI=1S/C13H25N3O2/c14-12(10-5-7-18-8-6-10)9-15-13(17)16-11-3-1-2-4-11/h10-12H,1-9,14H2,(H2,15,16,17). The topological polar surface area (TPSA) is 76.4 Å². The molecular weight excluding hydrogens is 230 g/mol. The van der Waals surface area contributed by atoms with Crippen molar-refractivity contribution in [3.63, 3.8) is 0 Å². The second kappa shape index (κ2) is 6.95. The molecule has 0 radical (unpaired) electrons. The summed E-state index contributed by atoms with van der Waals surface area (Å²) in [6.45, 7) is 2.16. The van der Waals surface area contributed by atoms with Crippen molar-refractivity contribution in [3.8, 4) is 0 Å². The lowest BCUT2D eigenvalue weighted by atomic mass is 9.92. The third kappa shape index (κ3) is 4.14. The van der Waals surface area contributed by atoms with Crippen molar-refractivity contribution in [2.75, 3.05) is 19.8 Å². The van der Waals surface area contributed by atoms with Gasteiger partial charge in [-0.1, -0.05) is 12.8 Å². The molecular formula is C13H25N3O2.